The zero-order chi connectivity index (χ0) is 19.8. The largest absolute Gasteiger partial charge is 0.377 e. The normalized spacial score (nSPS) is 22.6. The zero-order valence-electron chi connectivity index (χ0n) is 16.7. The summed E-state index contributed by atoms with van der Waals surface area (Å²) >= 11 is 0. The van der Waals surface area contributed by atoms with Crippen LogP contribution in [0.1, 0.15) is 38.7 Å². The molecular weight excluding hydrogens is 372 g/mol. The Morgan fingerprint density at radius 1 is 0.964 bits per heavy atom. The van der Waals surface area contributed by atoms with Crippen LogP contribution in [-0.2, 0) is 31.6 Å². The fourth-order valence-corrected chi connectivity index (χ4v) is 4.65. The molecule has 1 aliphatic heterocycles. The summed E-state index contributed by atoms with van der Waals surface area (Å²) in [4.78, 5) is 0.875. The van der Waals surface area contributed by atoms with Gasteiger partial charge in [0.1, 0.15) is 0 Å². The Morgan fingerprint density at radius 2 is 1.57 bits per heavy atom. The van der Waals surface area contributed by atoms with Crippen molar-refractivity contribution < 1.29 is 18.4 Å². The van der Waals surface area contributed by atoms with E-state index in [-0.39, 0.29) is 12.2 Å². The summed E-state index contributed by atoms with van der Waals surface area (Å²) in [6, 6.07) is 19.8. The van der Waals surface area contributed by atoms with Crippen molar-refractivity contribution in [1.29, 1.82) is 0 Å². The van der Waals surface area contributed by atoms with Gasteiger partial charge in [0.15, 0.2) is 5.79 Å². The van der Waals surface area contributed by atoms with Gasteiger partial charge in [0.05, 0.1) is 29.6 Å². The van der Waals surface area contributed by atoms with Crippen molar-refractivity contribution in [2.24, 2.45) is 0 Å². The molecule has 1 saturated heterocycles. The lowest BCUT2D eigenvalue weighted by atomic mass is 10.0. The third-order valence-electron chi connectivity index (χ3n) is 4.75. The third-order valence-corrected chi connectivity index (χ3v) is 6.16. The van der Waals surface area contributed by atoms with Gasteiger partial charge in [-0.1, -0.05) is 48.5 Å². The average molecular weight is 403 g/mol. The molecule has 3 rings (SSSR count). The summed E-state index contributed by atoms with van der Waals surface area (Å²) in [6.45, 7) is 5.17. The first-order chi connectivity index (χ1) is 13.5. The number of benzene rings is 2. The minimum absolute atomic E-state index is 0.0514. The highest BCUT2D eigenvalue weighted by Gasteiger charge is 2.35. The van der Waals surface area contributed by atoms with Gasteiger partial charge in [-0.2, -0.15) is 0 Å². The first-order valence-electron chi connectivity index (χ1n) is 9.92. The zero-order valence-corrected chi connectivity index (χ0v) is 17.5. The van der Waals surface area contributed by atoms with E-state index in [9.17, 15) is 4.21 Å². The number of ether oxygens (including phenoxy) is 3. The van der Waals surface area contributed by atoms with Crippen LogP contribution in [0.5, 0.6) is 0 Å². The summed E-state index contributed by atoms with van der Waals surface area (Å²) in [6.07, 6.45) is 2.54. The SMILES string of the molecule is CC1(C)O[C@H](CCS(=O)c2ccccc2)C[C@H](CCOCc2ccccc2)O1. The van der Waals surface area contributed by atoms with Crippen LogP contribution in [0.2, 0.25) is 0 Å². The van der Waals surface area contributed by atoms with Crippen LogP contribution in [0.15, 0.2) is 65.6 Å². The summed E-state index contributed by atoms with van der Waals surface area (Å²) in [5.74, 6) is -0.0246. The van der Waals surface area contributed by atoms with E-state index in [1.165, 1.54) is 5.56 Å². The Labute approximate surface area is 170 Å². The van der Waals surface area contributed by atoms with E-state index in [4.69, 9.17) is 14.2 Å². The van der Waals surface area contributed by atoms with Crippen molar-refractivity contribution in [2.75, 3.05) is 12.4 Å². The number of hydrogen-bond acceptors (Lipinski definition) is 4. The molecule has 0 aromatic heterocycles. The molecular formula is C23H30O4S. The third kappa shape index (κ3) is 6.82. The van der Waals surface area contributed by atoms with Gasteiger partial charge < -0.3 is 14.2 Å². The van der Waals surface area contributed by atoms with Crippen LogP contribution >= 0.6 is 0 Å². The van der Waals surface area contributed by atoms with E-state index in [2.05, 4.69) is 12.1 Å². The second-order valence-electron chi connectivity index (χ2n) is 7.59. The summed E-state index contributed by atoms with van der Waals surface area (Å²) in [5, 5.41) is 0. The average Bonchev–Trinajstić information content (AvgIpc) is 2.70. The van der Waals surface area contributed by atoms with Crippen molar-refractivity contribution in [3.05, 3.63) is 66.2 Å². The van der Waals surface area contributed by atoms with Crippen molar-refractivity contribution in [2.45, 2.75) is 62.6 Å². The molecule has 0 spiro atoms. The molecule has 1 heterocycles. The van der Waals surface area contributed by atoms with Crippen LogP contribution < -0.4 is 0 Å². The summed E-state index contributed by atoms with van der Waals surface area (Å²) < 4.78 is 30.4. The van der Waals surface area contributed by atoms with Gasteiger partial charge in [0.2, 0.25) is 0 Å². The summed E-state index contributed by atoms with van der Waals surface area (Å²) in [7, 11) is -0.995. The van der Waals surface area contributed by atoms with Gasteiger partial charge in [-0.05, 0) is 44.4 Å². The molecule has 0 aliphatic carbocycles. The molecule has 0 bridgehead atoms. The molecule has 0 amide bonds. The highest BCUT2D eigenvalue weighted by Crippen LogP contribution is 2.30. The second-order valence-corrected chi connectivity index (χ2v) is 9.16. The molecule has 0 N–H and O–H groups in total. The van der Waals surface area contributed by atoms with Gasteiger partial charge in [-0.25, -0.2) is 0 Å². The smallest absolute Gasteiger partial charge is 0.163 e. The quantitative estimate of drug-likeness (QED) is 0.570. The highest BCUT2D eigenvalue weighted by atomic mass is 32.2. The minimum atomic E-state index is -0.995. The lowest BCUT2D eigenvalue weighted by molar-refractivity contribution is -0.301. The molecule has 0 saturated carbocycles. The Hall–Kier alpha value is -1.53. The molecule has 1 unspecified atom stereocenters. The predicted octanol–water partition coefficient (Wildman–Crippen LogP) is 4.70. The fourth-order valence-electron chi connectivity index (χ4n) is 3.48. The highest BCUT2D eigenvalue weighted by molar-refractivity contribution is 7.85. The van der Waals surface area contributed by atoms with E-state index in [0.717, 1.165) is 24.2 Å². The first-order valence-corrected chi connectivity index (χ1v) is 11.2. The Bertz CT molecular complexity index is 733. The molecule has 4 nitrogen and oxygen atoms in total. The number of hydrogen-bond donors (Lipinski definition) is 0. The first kappa shape index (κ1) is 21.2. The molecule has 2 aromatic rings. The van der Waals surface area contributed by atoms with Crippen LogP contribution in [-0.4, -0.2) is 34.6 Å². The lowest BCUT2D eigenvalue weighted by Crippen LogP contribution is -2.45. The van der Waals surface area contributed by atoms with Crippen molar-refractivity contribution in [3.63, 3.8) is 0 Å². The monoisotopic (exact) mass is 402 g/mol. The van der Waals surface area contributed by atoms with Crippen LogP contribution in [0.25, 0.3) is 0 Å². The fraction of sp³-hybridized carbons (Fsp3) is 0.478. The van der Waals surface area contributed by atoms with E-state index in [0.29, 0.717) is 19.0 Å². The second kappa shape index (κ2) is 10.3. The number of rotatable bonds is 9. The predicted molar refractivity (Wildman–Crippen MR) is 111 cm³/mol. The molecule has 28 heavy (non-hydrogen) atoms. The van der Waals surface area contributed by atoms with Gasteiger partial charge in [-0.3, -0.25) is 4.21 Å². The lowest BCUT2D eigenvalue weighted by Gasteiger charge is -2.41. The van der Waals surface area contributed by atoms with Crippen molar-refractivity contribution in [1.82, 2.24) is 0 Å². The van der Waals surface area contributed by atoms with Crippen LogP contribution in [0.4, 0.5) is 0 Å². The molecule has 3 atom stereocenters. The van der Waals surface area contributed by atoms with Crippen LogP contribution in [0.3, 0.4) is 0 Å². The minimum Gasteiger partial charge on any atom is -0.377 e. The Kier molecular flexibility index (Phi) is 7.80. The molecule has 0 radical (unpaired) electrons. The van der Waals surface area contributed by atoms with E-state index >= 15 is 0 Å². The maximum absolute atomic E-state index is 12.5. The maximum atomic E-state index is 12.5. The van der Waals surface area contributed by atoms with Crippen molar-refractivity contribution >= 4 is 10.8 Å². The van der Waals surface area contributed by atoms with Gasteiger partial charge in [0.25, 0.3) is 0 Å². The Morgan fingerprint density at radius 3 is 2.25 bits per heavy atom. The van der Waals surface area contributed by atoms with Crippen molar-refractivity contribution in [3.8, 4) is 0 Å². The van der Waals surface area contributed by atoms with E-state index in [1.807, 2.05) is 62.4 Å². The molecule has 5 heteroatoms. The standard InChI is InChI=1S/C23H30O4S/c1-23(2)26-20(13-15-25-18-19-9-5-3-6-10-19)17-21(27-23)14-16-28(24)22-11-7-4-8-12-22/h3-12,20-21H,13-18H2,1-2H3/t20-,21+,28?/m0/s1. The van der Waals surface area contributed by atoms with E-state index in [1.54, 1.807) is 0 Å². The van der Waals surface area contributed by atoms with Gasteiger partial charge >= 0.3 is 0 Å². The topological polar surface area (TPSA) is 44.8 Å². The molecule has 152 valence electrons. The summed E-state index contributed by atoms with van der Waals surface area (Å²) in [5.41, 5.74) is 1.18. The molecule has 1 aliphatic rings. The van der Waals surface area contributed by atoms with Gasteiger partial charge in [-0.15, -0.1) is 0 Å². The van der Waals surface area contributed by atoms with Crippen LogP contribution in [0, 0.1) is 0 Å². The Balaban J connectivity index is 1.44. The van der Waals surface area contributed by atoms with Gasteiger partial charge in [0, 0.05) is 23.7 Å². The maximum Gasteiger partial charge on any atom is 0.163 e. The van der Waals surface area contributed by atoms with E-state index < -0.39 is 16.6 Å². The molecule has 1 fully saturated rings. The molecule has 2 aromatic carbocycles.